The summed E-state index contributed by atoms with van der Waals surface area (Å²) < 4.78 is 5.09. The number of nitrogens with one attached hydrogen (secondary N) is 1. The second-order valence-corrected chi connectivity index (χ2v) is 5.06. The van der Waals surface area contributed by atoms with Gasteiger partial charge in [-0.1, -0.05) is 18.2 Å². The molecule has 2 rings (SSSR count). The largest absolute Gasteiger partial charge is 0.497 e. The lowest BCUT2D eigenvalue weighted by Crippen LogP contribution is -2.11. The minimum absolute atomic E-state index is 0.0407. The number of non-ortho nitro benzene ring substituents is 1. The Balaban J connectivity index is 1.80. The predicted octanol–water partition coefficient (Wildman–Crippen LogP) is 3.56. The number of anilines is 1. The zero-order valence-corrected chi connectivity index (χ0v) is 12.8. The molecule has 120 valence electrons. The van der Waals surface area contributed by atoms with Crippen LogP contribution < -0.4 is 10.1 Å². The minimum atomic E-state index is -0.487. The minimum Gasteiger partial charge on any atom is -0.497 e. The summed E-state index contributed by atoms with van der Waals surface area (Å²) in [7, 11) is 1.62. The lowest BCUT2D eigenvalue weighted by atomic mass is 10.1. The smallest absolute Gasteiger partial charge is 0.271 e. The van der Waals surface area contributed by atoms with E-state index in [1.807, 2.05) is 24.3 Å². The van der Waals surface area contributed by atoms with E-state index in [1.165, 1.54) is 12.1 Å². The van der Waals surface area contributed by atoms with Gasteiger partial charge >= 0.3 is 0 Å². The number of methoxy groups -OCH3 is 1. The van der Waals surface area contributed by atoms with Crippen LogP contribution in [0, 0.1) is 10.1 Å². The average Bonchev–Trinajstić information content (AvgIpc) is 2.55. The summed E-state index contributed by atoms with van der Waals surface area (Å²) in [5.41, 5.74) is 1.53. The van der Waals surface area contributed by atoms with Gasteiger partial charge < -0.3 is 10.1 Å². The molecule has 0 radical (unpaired) electrons. The third-order valence-corrected chi connectivity index (χ3v) is 3.37. The van der Waals surface area contributed by atoms with Crippen molar-refractivity contribution in [2.24, 2.45) is 0 Å². The normalized spacial score (nSPS) is 10.1. The number of hydrogen-bond acceptors (Lipinski definition) is 4. The highest BCUT2D eigenvalue weighted by molar-refractivity contribution is 5.90. The number of hydrogen-bond donors (Lipinski definition) is 1. The molecule has 0 unspecified atom stereocenters. The number of nitrogens with zero attached hydrogens (tertiary/aromatic N) is 1. The molecule has 0 fully saturated rings. The summed E-state index contributed by atoms with van der Waals surface area (Å²) in [6.45, 7) is 0. The molecule has 0 aliphatic carbocycles. The van der Waals surface area contributed by atoms with Crippen LogP contribution in [0.4, 0.5) is 11.4 Å². The molecule has 0 saturated heterocycles. The van der Waals surface area contributed by atoms with Gasteiger partial charge in [0.25, 0.3) is 5.69 Å². The number of benzene rings is 2. The van der Waals surface area contributed by atoms with Crippen LogP contribution in [0.2, 0.25) is 0 Å². The Bertz CT molecular complexity index is 683. The highest BCUT2D eigenvalue weighted by Gasteiger charge is 2.08. The van der Waals surface area contributed by atoms with E-state index in [9.17, 15) is 14.9 Å². The molecule has 0 aromatic heterocycles. The van der Waals surface area contributed by atoms with Gasteiger partial charge in [0.1, 0.15) is 5.75 Å². The van der Waals surface area contributed by atoms with Crippen LogP contribution in [0.1, 0.15) is 18.4 Å². The van der Waals surface area contributed by atoms with Crippen molar-refractivity contribution in [1.82, 2.24) is 0 Å². The molecule has 1 N–H and O–H groups in total. The number of nitro groups is 1. The quantitative estimate of drug-likeness (QED) is 0.625. The molecule has 0 aliphatic rings. The number of nitro benzene ring substituents is 1. The van der Waals surface area contributed by atoms with Crippen LogP contribution in [-0.4, -0.2) is 17.9 Å². The van der Waals surface area contributed by atoms with E-state index in [-0.39, 0.29) is 11.6 Å². The Morgan fingerprint density at radius 1 is 1.22 bits per heavy atom. The number of rotatable bonds is 7. The van der Waals surface area contributed by atoms with E-state index >= 15 is 0 Å². The van der Waals surface area contributed by atoms with E-state index < -0.39 is 4.92 Å². The molecule has 2 aromatic rings. The van der Waals surface area contributed by atoms with E-state index in [0.717, 1.165) is 17.7 Å². The van der Waals surface area contributed by atoms with Gasteiger partial charge in [-0.3, -0.25) is 14.9 Å². The molecule has 0 atom stereocenters. The molecule has 0 spiro atoms. The van der Waals surface area contributed by atoms with Crippen LogP contribution in [0.3, 0.4) is 0 Å². The van der Waals surface area contributed by atoms with Gasteiger partial charge in [0.05, 0.1) is 12.0 Å². The Kier molecular flexibility index (Phi) is 5.68. The molecule has 0 bridgehead atoms. The molecular formula is C17H18N2O4. The zero-order valence-electron chi connectivity index (χ0n) is 12.8. The maximum atomic E-state index is 11.9. The second kappa shape index (κ2) is 7.93. The van der Waals surface area contributed by atoms with Crippen molar-refractivity contribution in [3.05, 3.63) is 64.2 Å². The van der Waals surface area contributed by atoms with Crippen molar-refractivity contribution >= 4 is 17.3 Å². The topological polar surface area (TPSA) is 81.5 Å². The fourth-order valence-corrected chi connectivity index (χ4v) is 2.17. The van der Waals surface area contributed by atoms with Gasteiger partial charge in [-0.05, 0) is 36.6 Å². The van der Waals surface area contributed by atoms with Gasteiger partial charge in [0, 0.05) is 24.2 Å². The Labute approximate surface area is 134 Å². The van der Waals surface area contributed by atoms with Gasteiger partial charge in [-0.25, -0.2) is 0 Å². The lowest BCUT2D eigenvalue weighted by Gasteiger charge is -2.06. The third-order valence-electron chi connectivity index (χ3n) is 3.37. The predicted molar refractivity (Wildman–Crippen MR) is 87.7 cm³/mol. The lowest BCUT2D eigenvalue weighted by molar-refractivity contribution is -0.384. The summed E-state index contributed by atoms with van der Waals surface area (Å²) in [4.78, 5) is 22.1. The van der Waals surface area contributed by atoms with Crippen LogP contribution in [0.25, 0.3) is 0 Å². The third kappa shape index (κ3) is 5.10. The summed E-state index contributed by atoms with van der Waals surface area (Å²) in [5, 5.41) is 13.4. The average molecular weight is 314 g/mol. The second-order valence-electron chi connectivity index (χ2n) is 5.06. The van der Waals surface area contributed by atoms with E-state index in [2.05, 4.69) is 5.32 Å². The standard InChI is InChI=1S/C17H18N2O4/c1-23-16-10-8-13(9-11-16)4-2-7-17(20)18-14-5-3-6-15(12-14)19(21)22/h3,5-6,8-12H,2,4,7H2,1H3,(H,18,20). The van der Waals surface area contributed by atoms with Crippen LogP contribution in [-0.2, 0) is 11.2 Å². The number of aryl methyl sites for hydroxylation is 1. The van der Waals surface area contributed by atoms with Crippen molar-refractivity contribution in [3.63, 3.8) is 0 Å². The van der Waals surface area contributed by atoms with Crippen molar-refractivity contribution in [2.75, 3.05) is 12.4 Å². The van der Waals surface area contributed by atoms with Crippen LogP contribution in [0.5, 0.6) is 5.75 Å². The number of carbonyl (C=O) groups is 1. The summed E-state index contributed by atoms with van der Waals surface area (Å²) in [6, 6.07) is 13.6. The van der Waals surface area contributed by atoms with Gasteiger partial charge in [0.15, 0.2) is 0 Å². The molecule has 0 heterocycles. The summed E-state index contributed by atoms with van der Waals surface area (Å²) in [6.07, 6.45) is 1.84. The van der Waals surface area contributed by atoms with E-state index in [1.54, 1.807) is 19.2 Å². The fraction of sp³-hybridized carbons (Fsp3) is 0.235. The Morgan fingerprint density at radius 3 is 2.61 bits per heavy atom. The maximum absolute atomic E-state index is 11.9. The molecule has 23 heavy (non-hydrogen) atoms. The van der Waals surface area contributed by atoms with Gasteiger partial charge in [0.2, 0.25) is 5.91 Å². The van der Waals surface area contributed by atoms with Crippen LogP contribution in [0.15, 0.2) is 48.5 Å². The maximum Gasteiger partial charge on any atom is 0.271 e. The van der Waals surface area contributed by atoms with Crippen molar-refractivity contribution in [1.29, 1.82) is 0 Å². The molecule has 0 saturated carbocycles. The van der Waals surface area contributed by atoms with Gasteiger partial charge in [-0.15, -0.1) is 0 Å². The number of carbonyl (C=O) groups excluding carboxylic acids is 1. The molecule has 6 heteroatoms. The highest BCUT2D eigenvalue weighted by Crippen LogP contribution is 2.18. The SMILES string of the molecule is COc1ccc(CCCC(=O)Nc2cccc([N+](=O)[O-])c2)cc1. The molecule has 2 aromatic carbocycles. The first-order valence-corrected chi connectivity index (χ1v) is 7.26. The first kappa shape index (κ1) is 16.5. The monoisotopic (exact) mass is 314 g/mol. The highest BCUT2D eigenvalue weighted by atomic mass is 16.6. The first-order chi connectivity index (χ1) is 11.1. The number of ether oxygens (including phenoxy) is 1. The number of amides is 1. The first-order valence-electron chi connectivity index (χ1n) is 7.26. The molecule has 0 aliphatic heterocycles. The Morgan fingerprint density at radius 2 is 1.96 bits per heavy atom. The summed E-state index contributed by atoms with van der Waals surface area (Å²) >= 11 is 0. The van der Waals surface area contributed by atoms with E-state index in [4.69, 9.17) is 4.74 Å². The zero-order chi connectivity index (χ0) is 16.7. The molecule has 6 nitrogen and oxygen atoms in total. The fourth-order valence-electron chi connectivity index (χ4n) is 2.17. The van der Waals surface area contributed by atoms with Crippen LogP contribution >= 0.6 is 0 Å². The molecule has 1 amide bonds. The molecular weight excluding hydrogens is 296 g/mol. The Hall–Kier alpha value is -2.89. The van der Waals surface area contributed by atoms with Gasteiger partial charge in [-0.2, -0.15) is 0 Å². The van der Waals surface area contributed by atoms with Crippen molar-refractivity contribution in [3.8, 4) is 5.75 Å². The van der Waals surface area contributed by atoms with Crippen molar-refractivity contribution in [2.45, 2.75) is 19.3 Å². The summed E-state index contributed by atoms with van der Waals surface area (Å²) in [5.74, 6) is 0.649. The van der Waals surface area contributed by atoms with Crippen molar-refractivity contribution < 1.29 is 14.5 Å². The van der Waals surface area contributed by atoms with E-state index in [0.29, 0.717) is 18.5 Å².